The van der Waals surface area contributed by atoms with E-state index < -0.39 is 0 Å². The number of benzene rings is 2. The van der Waals surface area contributed by atoms with E-state index in [0.29, 0.717) is 6.61 Å². The molecule has 0 spiro atoms. The molecule has 1 fully saturated rings. The summed E-state index contributed by atoms with van der Waals surface area (Å²) in [6.07, 6.45) is 0. The van der Waals surface area contributed by atoms with Crippen molar-refractivity contribution in [3.8, 4) is 5.75 Å². The molecule has 5 heteroatoms. The Bertz CT molecular complexity index is 856. The fourth-order valence-corrected chi connectivity index (χ4v) is 5.03. The van der Waals surface area contributed by atoms with Crippen molar-refractivity contribution in [2.75, 3.05) is 32.8 Å². The minimum Gasteiger partial charge on any atom is -0.494 e. The van der Waals surface area contributed by atoms with Gasteiger partial charge in [-0.1, -0.05) is 29.8 Å². The van der Waals surface area contributed by atoms with Gasteiger partial charge in [-0.2, -0.15) is 0 Å². The second kappa shape index (κ2) is 7.97. The molecule has 1 aliphatic rings. The van der Waals surface area contributed by atoms with Crippen LogP contribution < -0.4 is 10.1 Å². The first-order chi connectivity index (χ1) is 12.8. The maximum atomic E-state index is 6.38. The molecule has 0 radical (unpaired) electrons. The van der Waals surface area contributed by atoms with Crippen LogP contribution in [0.1, 0.15) is 23.4 Å². The number of nitrogens with zero attached hydrogens (tertiary/aromatic N) is 1. The third-order valence-electron chi connectivity index (χ3n) is 4.80. The van der Waals surface area contributed by atoms with Gasteiger partial charge in [0.15, 0.2) is 0 Å². The zero-order valence-corrected chi connectivity index (χ0v) is 16.4. The van der Waals surface area contributed by atoms with Gasteiger partial charge in [0, 0.05) is 46.3 Å². The summed E-state index contributed by atoms with van der Waals surface area (Å²) in [4.78, 5) is 3.88. The van der Waals surface area contributed by atoms with Gasteiger partial charge in [-0.3, -0.25) is 4.90 Å². The number of nitrogens with one attached hydrogen (secondary N) is 1. The average Bonchev–Trinajstić information content (AvgIpc) is 3.08. The quantitative estimate of drug-likeness (QED) is 0.671. The molecule has 3 nitrogen and oxygen atoms in total. The maximum absolute atomic E-state index is 6.38. The van der Waals surface area contributed by atoms with Gasteiger partial charge >= 0.3 is 0 Å². The van der Waals surface area contributed by atoms with Crippen molar-refractivity contribution in [2.45, 2.75) is 13.0 Å². The normalized spacial score (nSPS) is 16.7. The van der Waals surface area contributed by atoms with Crippen molar-refractivity contribution >= 4 is 33.0 Å². The first kappa shape index (κ1) is 17.8. The van der Waals surface area contributed by atoms with Crippen LogP contribution in [0.2, 0.25) is 5.02 Å². The summed E-state index contributed by atoms with van der Waals surface area (Å²) in [5, 5.41) is 5.51. The van der Waals surface area contributed by atoms with Gasteiger partial charge in [-0.25, -0.2) is 0 Å². The number of hydrogen-bond acceptors (Lipinski definition) is 4. The minimum absolute atomic E-state index is 0.162. The van der Waals surface area contributed by atoms with Crippen molar-refractivity contribution in [2.24, 2.45) is 0 Å². The first-order valence-electron chi connectivity index (χ1n) is 9.11. The van der Waals surface area contributed by atoms with Crippen LogP contribution in [-0.4, -0.2) is 37.7 Å². The molecule has 1 unspecified atom stereocenters. The predicted molar refractivity (Wildman–Crippen MR) is 111 cm³/mol. The number of ether oxygens (including phenoxy) is 1. The van der Waals surface area contributed by atoms with Gasteiger partial charge in [0.1, 0.15) is 5.75 Å². The third kappa shape index (κ3) is 3.60. The molecular weight excluding hydrogens is 364 g/mol. The van der Waals surface area contributed by atoms with Crippen molar-refractivity contribution < 1.29 is 4.74 Å². The largest absolute Gasteiger partial charge is 0.494 e. The second-order valence-electron chi connectivity index (χ2n) is 6.49. The zero-order chi connectivity index (χ0) is 17.9. The van der Waals surface area contributed by atoms with Crippen molar-refractivity contribution in [3.63, 3.8) is 0 Å². The fourth-order valence-electron chi connectivity index (χ4n) is 3.63. The molecule has 1 atom stereocenters. The Morgan fingerprint density at radius 2 is 1.96 bits per heavy atom. The van der Waals surface area contributed by atoms with E-state index in [9.17, 15) is 0 Å². The molecule has 1 N–H and O–H groups in total. The van der Waals surface area contributed by atoms with Crippen molar-refractivity contribution in [1.82, 2.24) is 10.2 Å². The minimum atomic E-state index is 0.162. The van der Waals surface area contributed by atoms with Gasteiger partial charge in [-0.15, -0.1) is 11.3 Å². The highest BCUT2D eigenvalue weighted by atomic mass is 35.5. The van der Waals surface area contributed by atoms with Crippen LogP contribution in [0.3, 0.4) is 0 Å². The molecule has 136 valence electrons. The summed E-state index contributed by atoms with van der Waals surface area (Å²) < 4.78 is 7.28. The lowest BCUT2D eigenvalue weighted by atomic mass is 10.0. The zero-order valence-electron chi connectivity index (χ0n) is 14.9. The average molecular weight is 387 g/mol. The van der Waals surface area contributed by atoms with Gasteiger partial charge < -0.3 is 10.1 Å². The summed E-state index contributed by atoms with van der Waals surface area (Å²) in [5.41, 5.74) is 1.16. The Labute approximate surface area is 163 Å². The number of halogens is 1. The number of rotatable bonds is 5. The highest BCUT2D eigenvalue weighted by Crippen LogP contribution is 2.41. The molecule has 0 aliphatic carbocycles. The Morgan fingerprint density at radius 3 is 2.73 bits per heavy atom. The molecule has 2 heterocycles. The van der Waals surface area contributed by atoms with E-state index in [1.807, 2.05) is 30.4 Å². The van der Waals surface area contributed by atoms with E-state index >= 15 is 0 Å². The Kier molecular flexibility index (Phi) is 5.46. The maximum Gasteiger partial charge on any atom is 0.124 e. The third-order valence-corrected chi connectivity index (χ3v) is 6.20. The molecular formula is C21H23ClN2OS. The Morgan fingerprint density at radius 1 is 1.15 bits per heavy atom. The number of fused-ring (bicyclic) bond motifs is 1. The smallest absolute Gasteiger partial charge is 0.124 e. The Balaban J connectivity index is 1.84. The van der Waals surface area contributed by atoms with E-state index in [1.54, 1.807) is 0 Å². The van der Waals surface area contributed by atoms with Crippen molar-refractivity contribution in [1.29, 1.82) is 0 Å². The molecule has 1 aliphatic heterocycles. The molecule has 3 aromatic rings. The van der Waals surface area contributed by atoms with Crippen LogP contribution in [0.5, 0.6) is 5.75 Å². The van der Waals surface area contributed by atoms with E-state index in [0.717, 1.165) is 42.5 Å². The SMILES string of the molecule is CCOc1ccc(Cl)cc1C(c1cc2ccccc2s1)N1CCNCC1. The molecule has 0 saturated carbocycles. The lowest BCUT2D eigenvalue weighted by Gasteiger charge is -2.35. The van der Waals surface area contributed by atoms with Gasteiger partial charge in [0.05, 0.1) is 12.6 Å². The molecule has 0 amide bonds. The molecule has 2 aromatic carbocycles. The van der Waals surface area contributed by atoms with Crippen LogP contribution in [0, 0.1) is 0 Å². The highest BCUT2D eigenvalue weighted by Gasteiger charge is 2.28. The van der Waals surface area contributed by atoms with Crippen LogP contribution in [0.15, 0.2) is 48.5 Å². The van der Waals surface area contributed by atoms with Gasteiger partial charge in [-0.05, 0) is 42.6 Å². The molecule has 4 rings (SSSR count). The number of piperazine rings is 1. The lowest BCUT2D eigenvalue weighted by molar-refractivity contribution is 0.196. The van der Waals surface area contributed by atoms with Crippen LogP contribution in [0.4, 0.5) is 0 Å². The fraction of sp³-hybridized carbons (Fsp3) is 0.333. The molecule has 26 heavy (non-hydrogen) atoms. The molecule has 0 bridgehead atoms. The van der Waals surface area contributed by atoms with Crippen LogP contribution >= 0.6 is 22.9 Å². The van der Waals surface area contributed by atoms with Crippen molar-refractivity contribution in [3.05, 3.63) is 64.0 Å². The summed E-state index contributed by atoms with van der Waals surface area (Å²) in [6, 6.07) is 17.1. The van der Waals surface area contributed by atoms with Gasteiger partial charge in [0.25, 0.3) is 0 Å². The summed E-state index contributed by atoms with van der Waals surface area (Å²) >= 11 is 8.25. The molecule has 1 aromatic heterocycles. The van der Waals surface area contributed by atoms with Crippen LogP contribution in [0.25, 0.3) is 10.1 Å². The second-order valence-corrected chi connectivity index (χ2v) is 8.04. The first-order valence-corrected chi connectivity index (χ1v) is 10.3. The van der Waals surface area contributed by atoms with E-state index in [1.165, 1.54) is 15.0 Å². The highest BCUT2D eigenvalue weighted by molar-refractivity contribution is 7.19. The number of hydrogen-bond donors (Lipinski definition) is 1. The standard InChI is InChI=1S/C21H23ClN2OS/c1-2-25-18-8-7-16(22)14-17(18)21(24-11-9-23-10-12-24)20-13-15-5-3-4-6-19(15)26-20/h3-8,13-14,21,23H,2,9-12H2,1H3. The monoisotopic (exact) mass is 386 g/mol. The van der Waals surface area contributed by atoms with E-state index in [2.05, 4.69) is 46.6 Å². The Hall–Kier alpha value is -1.59. The summed E-state index contributed by atoms with van der Waals surface area (Å²) in [5.74, 6) is 0.929. The topological polar surface area (TPSA) is 24.5 Å². The summed E-state index contributed by atoms with van der Waals surface area (Å²) in [6.45, 7) is 6.71. The predicted octanol–water partition coefficient (Wildman–Crippen LogP) is 4.95. The number of thiophene rings is 1. The van der Waals surface area contributed by atoms with E-state index in [4.69, 9.17) is 16.3 Å². The summed E-state index contributed by atoms with van der Waals surface area (Å²) in [7, 11) is 0. The van der Waals surface area contributed by atoms with E-state index in [-0.39, 0.29) is 6.04 Å². The van der Waals surface area contributed by atoms with Crippen LogP contribution in [-0.2, 0) is 0 Å². The van der Waals surface area contributed by atoms with Gasteiger partial charge in [0.2, 0.25) is 0 Å². The lowest BCUT2D eigenvalue weighted by Crippen LogP contribution is -2.45. The molecule has 1 saturated heterocycles.